The molecule has 9 amide bonds. The predicted octanol–water partition coefficient (Wildman–Crippen LogP) is 10.7. The first-order chi connectivity index (χ1) is 64.8. The molecule has 138 heavy (non-hydrogen) atoms. The van der Waals surface area contributed by atoms with Gasteiger partial charge < -0.3 is 113 Å². The highest BCUT2D eigenvalue weighted by molar-refractivity contribution is 7.61. The number of carbonyl (C=O) groups excluding carboxylic acids is 9. The minimum Gasteiger partial charge on any atom is -0.480 e. The van der Waals surface area contributed by atoms with Crippen molar-refractivity contribution in [1.82, 2.24) is 42.5 Å². The highest BCUT2D eigenvalue weighted by Gasteiger charge is 2.55. The number of ether oxygens (including phenoxy) is 4. The zero-order chi connectivity index (χ0) is 104. The van der Waals surface area contributed by atoms with Gasteiger partial charge in [0.1, 0.15) is 91.1 Å². The number of rotatable bonds is 67. The molecule has 2 aliphatic heterocycles. The Balaban J connectivity index is 2.13. The molecule has 0 radical (unpaired) electrons. The van der Waals surface area contributed by atoms with Crippen molar-refractivity contribution < 1.29 is 135 Å². The molecule has 0 aromatic carbocycles. The number of amides is 9. The van der Waals surface area contributed by atoms with Crippen molar-refractivity contribution in [3.8, 4) is 0 Å². The van der Waals surface area contributed by atoms with E-state index >= 15 is 0 Å². The number of nitrogens with one attached hydrogen (secondary N) is 8. The van der Waals surface area contributed by atoms with Crippen molar-refractivity contribution in [2.45, 2.75) is 395 Å². The van der Waals surface area contributed by atoms with Crippen molar-refractivity contribution in [2.75, 3.05) is 26.4 Å². The van der Waals surface area contributed by atoms with Gasteiger partial charge >= 0.3 is 27.6 Å². The van der Waals surface area contributed by atoms with E-state index in [1.165, 1.54) is 70.1 Å². The van der Waals surface area contributed by atoms with Gasteiger partial charge in [-0.15, -0.1) is 0 Å². The molecule has 2 saturated heterocycles. The molecule has 0 aromatic rings. The van der Waals surface area contributed by atoms with Crippen molar-refractivity contribution in [3.63, 3.8) is 0 Å². The van der Waals surface area contributed by atoms with Gasteiger partial charge in [0, 0.05) is 26.8 Å². The smallest absolute Gasteiger partial charge is 0.480 e. The van der Waals surface area contributed by atoms with Gasteiger partial charge in [0.05, 0.1) is 26.2 Å². The summed E-state index contributed by atoms with van der Waals surface area (Å²) in [6.07, 6.45) is 25.6. The predicted molar refractivity (Wildman–Crippen MR) is 525 cm³/mol. The van der Waals surface area contributed by atoms with Gasteiger partial charge in [-0.1, -0.05) is 128 Å². The summed E-state index contributed by atoms with van der Waals surface area (Å²) < 4.78 is 66.5. The van der Waals surface area contributed by atoms with E-state index in [2.05, 4.69) is 177 Å². The van der Waals surface area contributed by atoms with Crippen LogP contribution < -0.4 is 54.0 Å². The third-order valence-corrected chi connectivity index (χ3v) is 25.7. The minimum atomic E-state index is -5.97. The quantitative estimate of drug-likeness (QED) is 0.0153. The lowest BCUT2D eigenvalue weighted by Crippen LogP contribution is -2.70. The van der Waals surface area contributed by atoms with E-state index in [4.69, 9.17) is 44.6 Å². The maximum Gasteiger partial charge on any atom is 0.483 e. The van der Waals surface area contributed by atoms with Gasteiger partial charge in [-0.3, -0.25) is 61.8 Å². The second-order valence-electron chi connectivity index (χ2n) is 36.5. The van der Waals surface area contributed by atoms with Gasteiger partial charge in [0.2, 0.25) is 53.2 Å². The summed E-state index contributed by atoms with van der Waals surface area (Å²) in [5.74, 6) is -11.5. The van der Waals surface area contributed by atoms with Crippen LogP contribution in [0.3, 0.4) is 0 Å². The van der Waals surface area contributed by atoms with Crippen LogP contribution in [0.5, 0.6) is 0 Å². The van der Waals surface area contributed by atoms with E-state index in [1.807, 2.05) is 6.92 Å². The Morgan fingerprint density at radius 2 is 0.812 bits per heavy atom. The number of allylic oxidation sites excluding steroid dienone is 21. The molecule has 0 bridgehead atoms. The topological polar surface area (TPSA) is 597 Å². The van der Waals surface area contributed by atoms with Crippen molar-refractivity contribution in [1.29, 1.82) is 0 Å². The molecule has 19 unspecified atom stereocenters. The van der Waals surface area contributed by atoms with Crippen LogP contribution in [0.1, 0.15) is 292 Å². The fourth-order valence-corrected chi connectivity index (χ4v) is 16.7. The number of unbranched alkanes of at least 4 members (excludes halogenated alkanes) is 1. The summed E-state index contributed by atoms with van der Waals surface area (Å²) in [6, 6.07) is -12.6. The number of hydrogen-bond acceptors (Lipinski definition) is 25. The van der Waals surface area contributed by atoms with Crippen LogP contribution in [0.15, 0.2) is 128 Å². The second kappa shape index (κ2) is 66.8. The maximum absolute atomic E-state index is 14.2. The molecule has 40 heteroatoms. The molecule has 2 aliphatic rings. The molecular formula is C98H162N10O28P2. The number of phosphoric acid groups is 2. The Hall–Kier alpha value is -8.79. The van der Waals surface area contributed by atoms with Crippen LogP contribution in [0.2, 0.25) is 0 Å². The lowest BCUT2D eigenvalue weighted by molar-refractivity contribution is -0.331. The monoisotopic (exact) mass is 1990 g/mol. The molecule has 0 saturated carbocycles. The number of aliphatic hydroxyl groups is 4. The van der Waals surface area contributed by atoms with Crippen molar-refractivity contribution in [2.24, 2.45) is 11.5 Å². The zero-order valence-corrected chi connectivity index (χ0v) is 86.0. The lowest BCUT2D eigenvalue weighted by atomic mass is 9.94. The number of hydrogen-bond donors (Lipinski definition) is 18. The molecule has 782 valence electrons. The largest absolute Gasteiger partial charge is 0.483 e. The average Bonchev–Trinajstić information content (AvgIpc) is 0.763. The van der Waals surface area contributed by atoms with E-state index in [-0.39, 0.29) is 25.8 Å². The van der Waals surface area contributed by atoms with Gasteiger partial charge in [-0.05, 0) is 265 Å². The van der Waals surface area contributed by atoms with Crippen LogP contribution in [0.25, 0.3) is 0 Å². The molecular weight excluding hydrogens is 1830 g/mol. The highest BCUT2D eigenvalue weighted by Crippen LogP contribution is 2.61. The van der Waals surface area contributed by atoms with Crippen LogP contribution in [0.4, 0.5) is 0 Å². The Morgan fingerprint density at radius 3 is 1.21 bits per heavy atom. The highest BCUT2D eigenvalue weighted by atomic mass is 31.3. The van der Waals surface area contributed by atoms with E-state index < -0.39 is 223 Å². The minimum absolute atomic E-state index is 0.0179. The molecule has 2 heterocycles. The van der Waals surface area contributed by atoms with Gasteiger partial charge in [0.15, 0.2) is 12.6 Å². The average molecular weight is 1990 g/mol. The number of carboxylic acids is 2. The Bertz CT molecular complexity index is 4400. The normalized spacial score (nSPS) is 22.0. The standard InChI is InChI=1S/C98H162N10O28P2/c1-60(2)31-21-32-61(3)33-22-34-62(4)35-23-36-63(5)37-24-38-64(6)39-25-40-65(7)41-26-42-66(8)43-27-44-67(9)45-28-46-68(10)47-29-48-69(11)49-30-50-70(12)54-56-130-137(126,127)136-138(128,129)135-98-85(106-76(18)112)89(88(81(59-110)133-98)134-97-84(105-75(17)111)87(116)86(115)80(58-109)132-97)131-74(16)93(120)102-72(14)92(119)108-78(90(100)117)52-53-82(113)107-79(51-19-20-55-101-83(114)57-77(99)96(124)125)94(121)103-71(13)91(118)104-73(15)95(122)123/h31,33,35,37,39,41,43,45,47,49,54,71-74,77-81,84-89,97-98,109-110,115-116H,19-30,32,34,36,38,40,42,44,46,48,50-53,55-59,99H2,1-18H3,(H2,100,117)(H,101,114)(H,102,120)(H,103,121)(H,104,118)(H,105,111)(H,106,112)(H,107,113)(H,108,119)(H,122,123)(H,124,125)(H,126,127)(H,128,129). The fourth-order valence-electron chi connectivity index (χ4n) is 14.6. The lowest BCUT2D eigenvalue weighted by Gasteiger charge is -2.49. The van der Waals surface area contributed by atoms with Crippen LogP contribution >= 0.6 is 15.6 Å². The number of carbonyl (C=O) groups is 11. The zero-order valence-electron chi connectivity index (χ0n) is 84.2. The number of phosphoric ester groups is 2. The fraction of sp³-hybridized carbons (Fsp3) is 0.663. The Labute approximate surface area is 815 Å². The summed E-state index contributed by atoms with van der Waals surface area (Å²) >= 11 is 0. The second-order valence-corrected chi connectivity index (χ2v) is 39.5. The Kier molecular flexibility index (Phi) is 60.7. The van der Waals surface area contributed by atoms with E-state index in [9.17, 15) is 97.2 Å². The molecule has 0 aliphatic carbocycles. The molecule has 2 fully saturated rings. The third kappa shape index (κ3) is 53.7. The summed E-state index contributed by atoms with van der Waals surface area (Å²) in [5.41, 5.74) is 25.8. The first kappa shape index (κ1) is 125. The van der Waals surface area contributed by atoms with E-state index in [1.54, 1.807) is 6.92 Å². The van der Waals surface area contributed by atoms with Crippen LogP contribution in [0, 0.1) is 0 Å². The molecule has 38 nitrogen and oxygen atoms in total. The van der Waals surface area contributed by atoms with E-state index in [0.29, 0.717) is 18.4 Å². The first-order valence-electron chi connectivity index (χ1n) is 47.7. The summed E-state index contributed by atoms with van der Waals surface area (Å²) in [5, 5.41) is 80.3. The Morgan fingerprint density at radius 1 is 0.420 bits per heavy atom. The number of nitrogens with two attached hydrogens (primary N) is 2. The van der Waals surface area contributed by atoms with Crippen LogP contribution in [-0.2, 0) is 94.2 Å². The van der Waals surface area contributed by atoms with Gasteiger partial charge in [-0.2, -0.15) is 4.31 Å². The van der Waals surface area contributed by atoms with Gasteiger partial charge in [0.25, 0.3) is 0 Å². The summed E-state index contributed by atoms with van der Waals surface area (Å²) in [4.78, 5) is 163. The van der Waals surface area contributed by atoms with E-state index in [0.717, 1.165) is 149 Å². The number of carboxylic acid groups (broad SMARTS) is 2. The summed E-state index contributed by atoms with van der Waals surface area (Å²) in [6.45, 7) is 29.7. The van der Waals surface area contributed by atoms with Crippen molar-refractivity contribution in [3.05, 3.63) is 128 Å². The van der Waals surface area contributed by atoms with Crippen molar-refractivity contribution >= 4 is 80.7 Å². The third-order valence-electron chi connectivity index (χ3n) is 23.1. The molecule has 0 spiro atoms. The summed E-state index contributed by atoms with van der Waals surface area (Å²) in [7, 11) is -11.5. The molecule has 20 N–H and O–H groups in total. The SMILES string of the molecule is CC(=O)NC1C(OC2C(CO)OC(OP(=O)(O)OP(=O)(O)OCC=C(C)CCC=C(C)CCC=C(C)CCC=C(C)CCC=C(C)CCC=C(C)CCC=C(C)CCC=C(C)CCC=C(C)CCC=C(C)CCC=C(C)C)C(NC(C)=O)C2OC(C)C(=O)NC(C)C(=O)NC(CCC(=O)NC(CCCCNC(=O)CC(N)C(=O)O)C(=O)NC(C)C(=O)NC(C)C(=O)O)C(N)=O)OC(CO)C(O)C1O. The van der Waals surface area contributed by atoms with Crippen LogP contribution in [-0.4, -0.2) is 236 Å². The number of aliphatic carboxylic acids is 2. The number of primary amides is 1. The first-order valence-corrected chi connectivity index (χ1v) is 50.7. The molecule has 19 atom stereocenters. The molecule has 2 rings (SSSR count). The molecule has 0 aromatic heterocycles. The van der Waals surface area contributed by atoms with Gasteiger partial charge in [-0.25, -0.2) is 9.13 Å². The number of aliphatic hydroxyl groups excluding tert-OH is 4. The maximum atomic E-state index is 14.2.